The first-order valence-corrected chi connectivity index (χ1v) is 2.93. The van der Waals surface area contributed by atoms with Crippen molar-refractivity contribution in [1.29, 1.82) is 5.26 Å². The van der Waals surface area contributed by atoms with Gasteiger partial charge >= 0.3 is 0 Å². The number of hydrogen-bond donors (Lipinski definition) is 1. The number of rotatable bonds is 1. The standard InChI is InChI=1S/C6H10N2O/c1-8-3-6(2-7,4-8)5-9/h9H,3-5H2,1H3. The Morgan fingerprint density at radius 3 is 2.44 bits per heavy atom. The SMILES string of the molecule is CN1CC(C#N)(CO)C1. The first-order valence-electron chi connectivity index (χ1n) is 2.93. The van der Waals surface area contributed by atoms with E-state index in [0.29, 0.717) is 13.1 Å². The molecule has 50 valence electrons. The smallest absolute Gasteiger partial charge is 0.106 e. The first-order chi connectivity index (χ1) is 4.22. The molecule has 0 unspecified atom stereocenters. The molecule has 1 N–H and O–H groups in total. The molecule has 1 aliphatic rings. The van der Waals surface area contributed by atoms with Crippen LogP contribution in [0.1, 0.15) is 0 Å². The molecule has 0 bridgehead atoms. The summed E-state index contributed by atoms with van der Waals surface area (Å²) in [4.78, 5) is 2.01. The lowest BCUT2D eigenvalue weighted by Gasteiger charge is -2.41. The molecule has 0 saturated carbocycles. The molecule has 1 saturated heterocycles. The molecule has 3 heteroatoms. The van der Waals surface area contributed by atoms with Gasteiger partial charge in [-0.15, -0.1) is 0 Å². The van der Waals surface area contributed by atoms with Crippen molar-refractivity contribution in [1.82, 2.24) is 4.90 Å². The largest absolute Gasteiger partial charge is 0.395 e. The summed E-state index contributed by atoms with van der Waals surface area (Å²) in [5.41, 5.74) is -0.436. The number of aliphatic hydroxyl groups excluding tert-OH is 1. The van der Waals surface area contributed by atoms with E-state index >= 15 is 0 Å². The monoisotopic (exact) mass is 126 g/mol. The molecule has 9 heavy (non-hydrogen) atoms. The van der Waals surface area contributed by atoms with Crippen LogP contribution >= 0.6 is 0 Å². The highest BCUT2D eigenvalue weighted by Crippen LogP contribution is 2.26. The molecule has 1 rings (SSSR count). The molecular weight excluding hydrogens is 116 g/mol. The third-order valence-electron chi connectivity index (χ3n) is 1.68. The van der Waals surface area contributed by atoms with Crippen molar-refractivity contribution >= 4 is 0 Å². The quantitative estimate of drug-likeness (QED) is 0.512. The summed E-state index contributed by atoms with van der Waals surface area (Å²) in [5, 5.41) is 17.2. The van der Waals surface area contributed by atoms with Crippen LogP contribution in [0.4, 0.5) is 0 Å². The Hall–Kier alpha value is -0.590. The highest BCUT2D eigenvalue weighted by atomic mass is 16.3. The van der Waals surface area contributed by atoms with Crippen LogP contribution < -0.4 is 0 Å². The van der Waals surface area contributed by atoms with Crippen molar-refractivity contribution in [3.05, 3.63) is 0 Å². The zero-order valence-corrected chi connectivity index (χ0v) is 5.46. The lowest BCUT2D eigenvalue weighted by molar-refractivity contribution is 0.0200. The second kappa shape index (κ2) is 1.98. The number of hydrogen-bond acceptors (Lipinski definition) is 3. The van der Waals surface area contributed by atoms with E-state index in [9.17, 15) is 0 Å². The first kappa shape index (κ1) is 6.53. The van der Waals surface area contributed by atoms with Gasteiger partial charge in [-0.1, -0.05) is 0 Å². The van der Waals surface area contributed by atoms with E-state index in [1.165, 1.54) is 0 Å². The topological polar surface area (TPSA) is 47.3 Å². The van der Waals surface area contributed by atoms with Gasteiger partial charge in [0, 0.05) is 13.1 Å². The number of nitriles is 1. The van der Waals surface area contributed by atoms with Gasteiger partial charge in [-0.05, 0) is 7.05 Å². The molecule has 1 heterocycles. The normalized spacial score (nSPS) is 24.6. The van der Waals surface area contributed by atoms with E-state index in [-0.39, 0.29) is 6.61 Å². The lowest BCUT2D eigenvalue weighted by atomic mass is 9.83. The van der Waals surface area contributed by atoms with Gasteiger partial charge in [0.05, 0.1) is 12.7 Å². The molecule has 0 aromatic rings. The van der Waals surface area contributed by atoms with Gasteiger partial charge in [0.25, 0.3) is 0 Å². The van der Waals surface area contributed by atoms with E-state index in [1.807, 2.05) is 11.9 Å². The molecule has 0 aliphatic carbocycles. The zero-order valence-electron chi connectivity index (χ0n) is 5.46. The lowest BCUT2D eigenvalue weighted by Crippen LogP contribution is -2.55. The summed E-state index contributed by atoms with van der Waals surface area (Å²) in [7, 11) is 1.94. The minimum absolute atomic E-state index is 0.00611. The van der Waals surface area contributed by atoms with Gasteiger partial charge < -0.3 is 10.0 Å². The Morgan fingerprint density at radius 2 is 2.33 bits per heavy atom. The molecule has 0 aromatic heterocycles. The number of nitrogens with zero attached hydrogens (tertiary/aromatic N) is 2. The van der Waals surface area contributed by atoms with E-state index in [1.54, 1.807) is 0 Å². The fraction of sp³-hybridized carbons (Fsp3) is 0.833. The van der Waals surface area contributed by atoms with E-state index in [4.69, 9.17) is 10.4 Å². The van der Waals surface area contributed by atoms with Crippen LogP contribution in [0.25, 0.3) is 0 Å². The van der Waals surface area contributed by atoms with Crippen LogP contribution in [0.3, 0.4) is 0 Å². The summed E-state index contributed by atoms with van der Waals surface area (Å²) >= 11 is 0. The summed E-state index contributed by atoms with van der Waals surface area (Å²) in [6, 6.07) is 2.10. The second-order valence-electron chi connectivity index (χ2n) is 2.72. The van der Waals surface area contributed by atoms with Crippen LogP contribution in [0.5, 0.6) is 0 Å². The third kappa shape index (κ3) is 0.913. The Kier molecular flexibility index (Phi) is 1.43. The molecule has 1 aliphatic heterocycles. The minimum Gasteiger partial charge on any atom is -0.395 e. The van der Waals surface area contributed by atoms with E-state index in [0.717, 1.165) is 0 Å². The van der Waals surface area contributed by atoms with Crippen molar-refractivity contribution < 1.29 is 5.11 Å². The molecule has 3 nitrogen and oxygen atoms in total. The summed E-state index contributed by atoms with van der Waals surface area (Å²) < 4.78 is 0. The second-order valence-corrected chi connectivity index (χ2v) is 2.72. The molecule has 1 fully saturated rings. The fourth-order valence-electron chi connectivity index (χ4n) is 1.19. The summed E-state index contributed by atoms with van der Waals surface area (Å²) in [6.07, 6.45) is 0. The van der Waals surface area contributed by atoms with Crippen molar-refractivity contribution in [2.75, 3.05) is 26.7 Å². The van der Waals surface area contributed by atoms with Gasteiger partial charge in [-0.25, -0.2) is 0 Å². The number of aliphatic hydroxyl groups is 1. The van der Waals surface area contributed by atoms with Crippen LogP contribution in [0.15, 0.2) is 0 Å². The van der Waals surface area contributed by atoms with Gasteiger partial charge in [-0.3, -0.25) is 0 Å². The molecule has 0 amide bonds. The van der Waals surface area contributed by atoms with Crippen LogP contribution in [0, 0.1) is 16.7 Å². The van der Waals surface area contributed by atoms with Crippen molar-refractivity contribution in [3.8, 4) is 6.07 Å². The van der Waals surface area contributed by atoms with Gasteiger partial charge in [0.15, 0.2) is 0 Å². The van der Waals surface area contributed by atoms with E-state index < -0.39 is 5.41 Å². The Labute approximate surface area is 54.5 Å². The number of likely N-dealkylation sites (tertiary alicyclic amines) is 1. The average Bonchev–Trinajstić information content (AvgIpc) is 1.81. The molecule has 0 spiro atoms. The predicted octanol–water partition coefficient (Wildman–Crippen LogP) is -0.566. The minimum atomic E-state index is -0.436. The van der Waals surface area contributed by atoms with Crippen molar-refractivity contribution in [2.24, 2.45) is 5.41 Å². The Morgan fingerprint density at radius 1 is 1.78 bits per heavy atom. The summed E-state index contributed by atoms with van der Waals surface area (Å²) in [6.45, 7) is 1.41. The van der Waals surface area contributed by atoms with Crippen LogP contribution in [0.2, 0.25) is 0 Å². The molecule has 0 radical (unpaired) electrons. The zero-order chi connectivity index (χ0) is 6.91. The van der Waals surface area contributed by atoms with Gasteiger partial charge in [0.1, 0.15) is 5.41 Å². The van der Waals surface area contributed by atoms with Crippen LogP contribution in [-0.2, 0) is 0 Å². The average molecular weight is 126 g/mol. The highest BCUT2D eigenvalue weighted by Gasteiger charge is 2.40. The highest BCUT2D eigenvalue weighted by molar-refractivity contribution is 5.08. The maximum Gasteiger partial charge on any atom is 0.106 e. The third-order valence-corrected chi connectivity index (χ3v) is 1.68. The fourth-order valence-corrected chi connectivity index (χ4v) is 1.19. The van der Waals surface area contributed by atoms with E-state index in [2.05, 4.69) is 6.07 Å². The van der Waals surface area contributed by atoms with Crippen molar-refractivity contribution in [2.45, 2.75) is 0 Å². The molecule has 0 aromatic carbocycles. The maximum absolute atomic E-state index is 8.71. The van der Waals surface area contributed by atoms with Gasteiger partial charge in [0.2, 0.25) is 0 Å². The van der Waals surface area contributed by atoms with Crippen molar-refractivity contribution in [3.63, 3.8) is 0 Å². The van der Waals surface area contributed by atoms with Crippen LogP contribution in [-0.4, -0.2) is 36.8 Å². The predicted molar refractivity (Wildman–Crippen MR) is 32.6 cm³/mol. The Balaban J connectivity index is 2.48. The summed E-state index contributed by atoms with van der Waals surface area (Å²) in [5.74, 6) is 0. The maximum atomic E-state index is 8.71. The molecular formula is C6H10N2O. The molecule has 0 atom stereocenters. The Bertz CT molecular complexity index is 144. The van der Waals surface area contributed by atoms with Gasteiger partial charge in [-0.2, -0.15) is 5.26 Å².